The zero-order chi connectivity index (χ0) is 22.1. The Bertz CT molecular complexity index is 1090. The number of anilines is 1. The molecule has 3 heterocycles. The van der Waals surface area contributed by atoms with Crippen molar-refractivity contribution in [2.45, 2.75) is 37.8 Å². The molecule has 0 saturated carbocycles. The Morgan fingerprint density at radius 2 is 1.81 bits per heavy atom. The maximum Gasteiger partial charge on any atom is 0.255 e. The van der Waals surface area contributed by atoms with Crippen LogP contribution in [0.5, 0.6) is 5.75 Å². The third-order valence-electron chi connectivity index (χ3n) is 6.65. The van der Waals surface area contributed by atoms with Crippen LogP contribution < -0.4 is 10.1 Å². The van der Waals surface area contributed by atoms with Crippen molar-refractivity contribution in [3.05, 3.63) is 65.3 Å². The number of benzene rings is 2. The highest BCUT2D eigenvalue weighted by molar-refractivity contribution is 6.30. The van der Waals surface area contributed by atoms with Crippen LogP contribution >= 0.6 is 11.6 Å². The molecule has 2 bridgehead atoms. The van der Waals surface area contributed by atoms with E-state index in [1.54, 1.807) is 30.5 Å². The third-order valence-corrected chi connectivity index (χ3v) is 6.90. The van der Waals surface area contributed by atoms with Crippen molar-refractivity contribution >= 4 is 23.2 Å². The molecule has 5 rings (SSSR count). The Kier molecular flexibility index (Phi) is 5.89. The number of ether oxygens (including phenoxy) is 1. The number of rotatable bonds is 7. The van der Waals surface area contributed by atoms with Crippen LogP contribution in [0, 0.1) is 0 Å². The van der Waals surface area contributed by atoms with Gasteiger partial charge in [-0.05, 0) is 74.2 Å². The van der Waals surface area contributed by atoms with Crippen LogP contribution in [0.1, 0.15) is 36.0 Å². The van der Waals surface area contributed by atoms with E-state index in [1.807, 2.05) is 36.0 Å². The van der Waals surface area contributed by atoms with Crippen LogP contribution in [0.25, 0.3) is 11.3 Å². The van der Waals surface area contributed by atoms with Crippen LogP contribution in [0.2, 0.25) is 5.02 Å². The number of carbonyl (C=O) groups is 1. The van der Waals surface area contributed by atoms with Gasteiger partial charge in [-0.2, -0.15) is 5.10 Å². The van der Waals surface area contributed by atoms with Crippen LogP contribution in [0.4, 0.5) is 5.69 Å². The molecule has 1 amide bonds. The van der Waals surface area contributed by atoms with Crippen molar-refractivity contribution in [2.24, 2.45) is 7.05 Å². The highest BCUT2D eigenvalue weighted by Crippen LogP contribution is 2.37. The van der Waals surface area contributed by atoms with Crippen molar-refractivity contribution < 1.29 is 9.53 Å². The van der Waals surface area contributed by atoms with Crippen LogP contribution in [0.3, 0.4) is 0 Å². The molecule has 0 spiro atoms. The van der Waals surface area contributed by atoms with Gasteiger partial charge in [0, 0.05) is 53.7 Å². The molecule has 0 aliphatic carbocycles. The molecule has 32 heavy (non-hydrogen) atoms. The zero-order valence-corrected chi connectivity index (χ0v) is 18.9. The smallest absolute Gasteiger partial charge is 0.255 e. The first kappa shape index (κ1) is 21.0. The highest BCUT2D eigenvalue weighted by atomic mass is 35.5. The molecular weight excluding hydrogens is 424 g/mol. The van der Waals surface area contributed by atoms with Gasteiger partial charge in [0.1, 0.15) is 12.4 Å². The van der Waals surface area contributed by atoms with Gasteiger partial charge in [0.2, 0.25) is 0 Å². The summed E-state index contributed by atoms with van der Waals surface area (Å²) in [5.41, 5.74) is 3.09. The number of fused-ring (bicyclic) bond motifs is 2. The maximum absolute atomic E-state index is 12.7. The molecule has 0 unspecified atom stereocenters. The minimum atomic E-state index is -0.184. The summed E-state index contributed by atoms with van der Waals surface area (Å²) in [6.07, 6.45) is 7.07. The topological polar surface area (TPSA) is 59.4 Å². The van der Waals surface area contributed by atoms with Crippen molar-refractivity contribution in [1.29, 1.82) is 0 Å². The Labute approximate surface area is 193 Å². The summed E-state index contributed by atoms with van der Waals surface area (Å²) in [4.78, 5) is 15.3. The van der Waals surface area contributed by atoms with Gasteiger partial charge in [0.25, 0.3) is 5.91 Å². The number of hydrogen-bond acceptors (Lipinski definition) is 4. The van der Waals surface area contributed by atoms with E-state index < -0.39 is 0 Å². The molecule has 2 aliphatic rings. The number of nitrogens with one attached hydrogen (secondary N) is 1. The molecule has 6 nitrogen and oxygen atoms in total. The molecule has 1 N–H and O–H groups in total. The Hall–Kier alpha value is -2.83. The summed E-state index contributed by atoms with van der Waals surface area (Å²) in [6.45, 7) is 1.60. The molecule has 3 aromatic rings. The van der Waals surface area contributed by atoms with Gasteiger partial charge in [0.15, 0.2) is 0 Å². The zero-order valence-electron chi connectivity index (χ0n) is 18.1. The maximum atomic E-state index is 12.7. The van der Waals surface area contributed by atoms with E-state index >= 15 is 0 Å². The quantitative estimate of drug-likeness (QED) is 0.550. The van der Waals surface area contributed by atoms with E-state index in [1.165, 1.54) is 25.7 Å². The van der Waals surface area contributed by atoms with Crippen LogP contribution in [-0.2, 0) is 7.05 Å². The molecule has 7 heteroatoms. The summed E-state index contributed by atoms with van der Waals surface area (Å²) in [5.74, 6) is 0.612. The fourth-order valence-electron chi connectivity index (χ4n) is 5.02. The summed E-state index contributed by atoms with van der Waals surface area (Å²) in [5, 5.41) is 7.88. The second kappa shape index (κ2) is 8.96. The molecule has 0 radical (unpaired) electrons. The lowest BCUT2D eigenvalue weighted by molar-refractivity contribution is 0.102. The monoisotopic (exact) mass is 450 g/mol. The Morgan fingerprint density at radius 3 is 2.47 bits per heavy atom. The number of carbonyl (C=O) groups excluding carboxylic acids is 1. The van der Waals surface area contributed by atoms with Crippen LogP contribution in [-0.4, -0.2) is 45.8 Å². The Morgan fingerprint density at radius 1 is 1.09 bits per heavy atom. The first-order valence-electron chi connectivity index (χ1n) is 11.2. The van der Waals surface area contributed by atoms with E-state index in [2.05, 4.69) is 15.3 Å². The van der Waals surface area contributed by atoms with E-state index in [4.69, 9.17) is 16.3 Å². The Balaban J connectivity index is 1.33. The predicted octanol–water partition coefficient (Wildman–Crippen LogP) is 5.00. The summed E-state index contributed by atoms with van der Waals surface area (Å²) < 4.78 is 8.06. The second-order valence-corrected chi connectivity index (χ2v) is 9.00. The van der Waals surface area contributed by atoms with Crippen molar-refractivity contribution in [1.82, 2.24) is 14.7 Å². The van der Waals surface area contributed by atoms with Crippen molar-refractivity contribution in [3.8, 4) is 17.0 Å². The van der Waals surface area contributed by atoms with E-state index in [-0.39, 0.29) is 5.91 Å². The largest absolute Gasteiger partial charge is 0.492 e. The number of halogens is 1. The van der Waals surface area contributed by atoms with Gasteiger partial charge in [-0.1, -0.05) is 11.6 Å². The van der Waals surface area contributed by atoms with Gasteiger partial charge in [-0.15, -0.1) is 0 Å². The highest BCUT2D eigenvalue weighted by Gasteiger charge is 2.38. The minimum absolute atomic E-state index is 0.184. The lowest BCUT2D eigenvalue weighted by atomic mass is 10.0. The number of aromatic nitrogens is 2. The van der Waals surface area contributed by atoms with Crippen molar-refractivity contribution in [3.63, 3.8) is 0 Å². The van der Waals surface area contributed by atoms with Crippen LogP contribution in [0.15, 0.2) is 54.7 Å². The average molecular weight is 451 g/mol. The summed E-state index contributed by atoms with van der Waals surface area (Å²) >= 11 is 5.93. The fourth-order valence-corrected chi connectivity index (χ4v) is 5.15. The molecular formula is C25H27ClN4O2. The van der Waals surface area contributed by atoms with Gasteiger partial charge < -0.3 is 10.1 Å². The molecule has 2 aliphatic heterocycles. The molecule has 2 fully saturated rings. The van der Waals surface area contributed by atoms with Gasteiger partial charge in [0.05, 0.1) is 5.69 Å². The molecule has 2 aromatic carbocycles. The standard InChI is InChI=1S/C25H27ClN4O2/c1-29-23(12-13-27-29)22-16-19(28-25(31)17-2-4-18(26)5-3-17)6-11-24(22)32-15-14-30-20-7-8-21(30)10-9-20/h2-6,11-13,16,20-21H,7-10,14-15H2,1H3,(H,28,31). The molecule has 2 saturated heterocycles. The first-order valence-corrected chi connectivity index (χ1v) is 11.5. The SMILES string of the molecule is Cn1nccc1-c1cc(NC(=O)c2ccc(Cl)cc2)ccc1OCCN1C2CCC1CC2. The van der Waals surface area contributed by atoms with E-state index in [9.17, 15) is 4.79 Å². The lowest BCUT2D eigenvalue weighted by Gasteiger charge is -2.22. The summed E-state index contributed by atoms with van der Waals surface area (Å²) in [6, 6.07) is 16.0. The minimum Gasteiger partial charge on any atom is -0.492 e. The normalized spacial score (nSPS) is 19.9. The molecule has 0 atom stereocenters. The average Bonchev–Trinajstić information content (AvgIpc) is 3.51. The third kappa shape index (κ3) is 4.25. The van der Waals surface area contributed by atoms with Gasteiger partial charge in [-0.25, -0.2) is 0 Å². The first-order chi connectivity index (χ1) is 15.6. The van der Waals surface area contributed by atoms with Gasteiger partial charge >= 0.3 is 0 Å². The van der Waals surface area contributed by atoms with Gasteiger partial charge in [-0.3, -0.25) is 14.4 Å². The second-order valence-electron chi connectivity index (χ2n) is 8.56. The number of nitrogens with zero attached hydrogens (tertiary/aromatic N) is 3. The van der Waals surface area contributed by atoms with E-state index in [0.717, 1.165) is 35.6 Å². The number of aryl methyl sites for hydroxylation is 1. The number of amides is 1. The van der Waals surface area contributed by atoms with E-state index in [0.29, 0.717) is 22.9 Å². The predicted molar refractivity (Wildman–Crippen MR) is 126 cm³/mol. The molecule has 1 aromatic heterocycles. The fraction of sp³-hybridized carbons (Fsp3) is 0.360. The molecule has 166 valence electrons. The summed E-state index contributed by atoms with van der Waals surface area (Å²) in [7, 11) is 1.90. The van der Waals surface area contributed by atoms with Crippen molar-refractivity contribution in [2.75, 3.05) is 18.5 Å². The number of hydrogen-bond donors (Lipinski definition) is 1. The lowest BCUT2D eigenvalue weighted by Crippen LogP contribution is -2.32.